The average molecular weight is 366 g/mol. The van der Waals surface area contributed by atoms with Crippen LogP contribution in [-0.2, 0) is 20.7 Å². The third-order valence-corrected chi connectivity index (χ3v) is 4.02. The lowest BCUT2D eigenvalue weighted by Crippen LogP contribution is -2.28. The van der Waals surface area contributed by atoms with Crippen LogP contribution in [-0.4, -0.2) is 48.2 Å². The zero-order chi connectivity index (χ0) is 20.1. The molecule has 1 atom stereocenters. The number of carbonyl (C=O) groups is 2. The molecule has 0 heterocycles. The van der Waals surface area contributed by atoms with Crippen LogP contribution in [0, 0.1) is 5.92 Å². The first-order valence-electron chi connectivity index (χ1n) is 9.38. The van der Waals surface area contributed by atoms with E-state index >= 15 is 0 Å². The van der Waals surface area contributed by atoms with Crippen molar-refractivity contribution in [1.29, 1.82) is 0 Å². The maximum Gasteiger partial charge on any atom is 0.313 e. The van der Waals surface area contributed by atoms with Gasteiger partial charge in [0.15, 0.2) is 0 Å². The molecule has 0 radical (unpaired) electrons. The molecule has 1 aromatic carbocycles. The Morgan fingerprint density at radius 3 is 2.00 bits per heavy atom. The zero-order valence-electron chi connectivity index (χ0n) is 17.1. The standard InChI is InChI=1S/C19H31NO2.C2H4O2/c1-6-20(7-2)12-13-22-19(21)16(5)18-10-8-17(9-11-18)14-15(3)4;1-2(3)4/h8-11,15-16H,6-7,12-14H2,1-5H3;1H3,(H,3,4). The van der Waals surface area contributed by atoms with Crippen molar-refractivity contribution in [2.75, 3.05) is 26.2 Å². The number of carboxylic acids is 1. The molecule has 1 unspecified atom stereocenters. The number of hydrogen-bond acceptors (Lipinski definition) is 4. The quantitative estimate of drug-likeness (QED) is 0.671. The molecule has 0 amide bonds. The Balaban J connectivity index is 0.00000141. The molecule has 0 aromatic heterocycles. The molecular formula is C21H35NO4. The fraction of sp³-hybridized carbons (Fsp3) is 0.619. The molecule has 0 saturated carbocycles. The summed E-state index contributed by atoms with van der Waals surface area (Å²) < 4.78 is 5.41. The van der Waals surface area contributed by atoms with Gasteiger partial charge in [0.1, 0.15) is 6.61 Å². The Morgan fingerprint density at radius 1 is 1.08 bits per heavy atom. The third kappa shape index (κ3) is 10.9. The molecule has 0 saturated heterocycles. The number of nitrogens with zero attached hydrogens (tertiary/aromatic N) is 1. The summed E-state index contributed by atoms with van der Waals surface area (Å²) in [5.74, 6) is -0.526. The summed E-state index contributed by atoms with van der Waals surface area (Å²) in [4.78, 5) is 23.4. The van der Waals surface area contributed by atoms with Crippen molar-refractivity contribution in [1.82, 2.24) is 4.90 Å². The van der Waals surface area contributed by atoms with Crippen LogP contribution in [0.1, 0.15) is 58.6 Å². The first-order chi connectivity index (χ1) is 12.2. The number of rotatable bonds is 9. The minimum absolute atomic E-state index is 0.135. The van der Waals surface area contributed by atoms with Crippen LogP contribution in [0.25, 0.3) is 0 Å². The number of aliphatic carboxylic acids is 1. The zero-order valence-corrected chi connectivity index (χ0v) is 17.1. The topological polar surface area (TPSA) is 66.8 Å². The fourth-order valence-electron chi connectivity index (χ4n) is 2.49. The molecule has 0 fully saturated rings. The number of hydrogen-bond donors (Lipinski definition) is 1. The first kappa shape index (κ1) is 24.1. The minimum atomic E-state index is -0.833. The number of benzene rings is 1. The van der Waals surface area contributed by atoms with Gasteiger partial charge < -0.3 is 14.7 Å². The summed E-state index contributed by atoms with van der Waals surface area (Å²) in [6, 6.07) is 8.34. The van der Waals surface area contributed by atoms with Crippen LogP contribution < -0.4 is 0 Å². The van der Waals surface area contributed by atoms with E-state index in [9.17, 15) is 4.79 Å². The lowest BCUT2D eigenvalue weighted by atomic mass is 9.97. The third-order valence-electron chi connectivity index (χ3n) is 4.02. The average Bonchev–Trinajstić information content (AvgIpc) is 2.57. The Hall–Kier alpha value is -1.88. The van der Waals surface area contributed by atoms with Gasteiger partial charge in [-0.15, -0.1) is 0 Å². The second-order valence-corrected chi connectivity index (χ2v) is 6.77. The van der Waals surface area contributed by atoms with Crippen molar-refractivity contribution >= 4 is 11.9 Å². The van der Waals surface area contributed by atoms with Crippen LogP contribution in [0.4, 0.5) is 0 Å². The molecule has 0 aliphatic carbocycles. The number of ether oxygens (including phenoxy) is 1. The molecule has 26 heavy (non-hydrogen) atoms. The van der Waals surface area contributed by atoms with Crippen LogP contribution in [0.2, 0.25) is 0 Å². The van der Waals surface area contributed by atoms with E-state index in [2.05, 4.69) is 44.7 Å². The van der Waals surface area contributed by atoms with Crippen LogP contribution in [0.5, 0.6) is 0 Å². The normalized spacial score (nSPS) is 11.7. The molecule has 1 aromatic rings. The van der Waals surface area contributed by atoms with Crippen LogP contribution >= 0.6 is 0 Å². The molecular weight excluding hydrogens is 330 g/mol. The van der Waals surface area contributed by atoms with E-state index in [-0.39, 0.29) is 11.9 Å². The summed E-state index contributed by atoms with van der Waals surface area (Å²) in [5, 5.41) is 7.42. The Morgan fingerprint density at radius 2 is 1.58 bits per heavy atom. The number of carbonyl (C=O) groups excluding carboxylic acids is 1. The first-order valence-corrected chi connectivity index (χ1v) is 9.38. The predicted molar refractivity (Wildman–Crippen MR) is 105 cm³/mol. The predicted octanol–water partition coefficient (Wildman–Crippen LogP) is 3.96. The summed E-state index contributed by atoms with van der Waals surface area (Å²) in [5.41, 5.74) is 2.35. The maximum atomic E-state index is 12.1. The molecule has 1 rings (SSSR count). The van der Waals surface area contributed by atoms with Gasteiger partial charge in [0.05, 0.1) is 5.92 Å². The molecule has 5 nitrogen and oxygen atoms in total. The molecule has 0 bridgehead atoms. The monoisotopic (exact) mass is 365 g/mol. The lowest BCUT2D eigenvalue weighted by Gasteiger charge is -2.18. The van der Waals surface area contributed by atoms with E-state index < -0.39 is 5.97 Å². The van der Waals surface area contributed by atoms with Gasteiger partial charge in [-0.25, -0.2) is 0 Å². The molecule has 0 aliphatic rings. The van der Waals surface area contributed by atoms with E-state index in [4.69, 9.17) is 14.6 Å². The summed E-state index contributed by atoms with van der Waals surface area (Å²) in [6.45, 7) is 14.9. The van der Waals surface area contributed by atoms with Crippen LogP contribution in [0.3, 0.4) is 0 Å². The summed E-state index contributed by atoms with van der Waals surface area (Å²) >= 11 is 0. The van der Waals surface area contributed by atoms with E-state index in [0.717, 1.165) is 38.5 Å². The van der Waals surface area contributed by atoms with E-state index in [1.807, 2.05) is 19.1 Å². The SMILES string of the molecule is CC(=O)O.CCN(CC)CCOC(=O)C(C)c1ccc(CC(C)C)cc1. The molecule has 0 aliphatic heterocycles. The van der Waals surface area contributed by atoms with Gasteiger partial charge in [0, 0.05) is 13.5 Å². The lowest BCUT2D eigenvalue weighted by molar-refractivity contribution is -0.145. The highest BCUT2D eigenvalue weighted by Gasteiger charge is 2.17. The molecule has 148 valence electrons. The largest absolute Gasteiger partial charge is 0.481 e. The van der Waals surface area contributed by atoms with Crippen molar-refractivity contribution in [3.8, 4) is 0 Å². The number of carboxylic acid groups (broad SMARTS) is 1. The number of likely N-dealkylation sites (N-methyl/N-ethyl adjacent to an activating group) is 1. The maximum absolute atomic E-state index is 12.1. The van der Waals surface area contributed by atoms with Gasteiger partial charge in [-0.1, -0.05) is 52.0 Å². The molecule has 0 spiro atoms. The van der Waals surface area contributed by atoms with Crippen molar-refractivity contribution < 1.29 is 19.4 Å². The van der Waals surface area contributed by atoms with Gasteiger partial charge >= 0.3 is 5.97 Å². The van der Waals surface area contributed by atoms with Crippen molar-refractivity contribution in [2.24, 2.45) is 5.92 Å². The van der Waals surface area contributed by atoms with Gasteiger partial charge in [0.25, 0.3) is 5.97 Å². The molecule has 5 heteroatoms. The van der Waals surface area contributed by atoms with Gasteiger partial charge in [0.2, 0.25) is 0 Å². The Kier molecular flexibility index (Phi) is 12.4. The van der Waals surface area contributed by atoms with Gasteiger partial charge in [-0.3, -0.25) is 9.59 Å². The van der Waals surface area contributed by atoms with E-state index in [1.165, 1.54) is 5.56 Å². The second-order valence-electron chi connectivity index (χ2n) is 6.77. The highest BCUT2D eigenvalue weighted by atomic mass is 16.5. The second kappa shape index (κ2) is 13.3. The smallest absolute Gasteiger partial charge is 0.313 e. The van der Waals surface area contributed by atoms with Gasteiger partial charge in [-0.2, -0.15) is 0 Å². The van der Waals surface area contributed by atoms with E-state index in [1.54, 1.807) is 0 Å². The number of esters is 1. The van der Waals surface area contributed by atoms with Crippen molar-refractivity contribution in [3.05, 3.63) is 35.4 Å². The summed E-state index contributed by atoms with van der Waals surface area (Å²) in [7, 11) is 0. The van der Waals surface area contributed by atoms with Crippen LogP contribution in [0.15, 0.2) is 24.3 Å². The molecule has 1 N–H and O–H groups in total. The highest BCUT2D eigenvalue weighted by molar-refractivity contribution is 5.77. The fourth-order valence-corrected chi connectivity index (χ4v) is 2.49. The Labute approximate surface area is 158 Å². The van der Waals surface area contributed by atoms with E-state index in [0.29, 0.717) is 12.5 Å². The van der Waals surface area contributed by atoms with Crippen molar-refractivity contribution in [3.63, 3.8) is 0 Å². The Bertz CT molecular complexity index is 517. The van der Waals surface area contributed by atoms with Crippen molar-refractivity contribution in [2.45, 2.75) is 53.9 Å². The van der Waals surface area contributed by atoms with Gasteiger partial charge in [-0.05, 0) is 43.5 Å². The minimum Gasteiger partial charge on any atom is -0.481 e. The summed E-state index contributed by atoms with van der Waals surface area (Å²) in [6.07, 6.45) is 1.07. The highest BCUT2D eigenvalue weighted by Crippen LogP contribution is 2.18.